The Morgan fingerprint density at radius 2 is 2.12 bits per heavy atom. The molecule has 2 N–H and O–H groups in total. The van der Waals surface area contributed by atoms with E-state index in [0.29, 0.717) is 6.54 Å². The summed E-state index contributed by atoms with van der Waals surface area (Å²) < 4.78 is 1.33. The van der Waals surface area contributed by atoms with Crippen LogP contribution < -0.4 is 10.9 Å². The van der Waals surface area contributed by atoms with Crippen LogP contribution in [0.3, 0.4) is 0 Å². The molecule has 2 aromatic heterocycles. The second-order valence-electron chi connectivity index (χ2n) is 6.39. The average molecular weight is 338 g/mol. The minimum Gasteiger partial charge on any atom is -0.361 e. The number of aromatic nitrogens is 3. The van der Waals surface area contributed by atoms with Crippen molar-refractivity contribution in [3.8, 4) is 0 Å². The molecule has 0 aliphatic rings. The summed E-state index contributed by atoms with van der Waals surface area (Å²) in [5, 5.41) is 4.03. The fraction of sp³-hybridized carbons (Fsp3) is 0.316. The van der Waals surface area contributed by atoms with Crippen LogP contribution in [0, 0.1) is 0 Å². The maximum atomic E-state index is 12.1. The van der Waals surface area contributed by atoms with E-state index in [1.807, 2.05) is 38.2 Å². The van der Waals surface area contributed by atoms with Crippen molar-refractivity contribution in [2.45, 2.75) is 32.7 Å². The van der Waals surface area contributed by atoms with Crippen molar-refractivity contribution in [2.24, 2.45) is 0 Å². The Bertz CT molecular complexity index is 940. The first-order chi connectivity index (χ1) is 12.0. The zero-order valence-electron chi connectivity index (χ0n) is 14.5. The molecule has 6 nitrogen and oxygen atoms in total. The summed E-state index contributed by atoms with van der Waals surface area (Å²) in [4.78, 5) is 31.5. The van der Waals surface area contributed by atoms with Crippen LogP contribution in [0.25, 0.3) is 10.9 Å². The van der Waals surface area contributed by atoms with Crippen LogP contribution >= 0.6 is 0 Å². The molecule has 130 valence electrons. The fourth-order valence-corrected chi connectivity index (χ4v) is 2.76. The lowest BCUT2D eigenvalue weighted by Gasteiger charge is -2.09. The lowest BCUT2D eigenvalue weighted by atomic mass is 10.1. The van der Waals surface area contributed by atoms with Gasteiger partial charge in [-0.05, 0) is 24.0 Å². The SMILES string of the molecule is CC(C)c1cc(=O)n(CC(=O)NCCc2c[nH]c3ccccc23)cn1. The number of aromatic amines is 1. The highest BCUT2D eigenvalue weighted by molar-refractivity contribution is 5.83. The van der Waals surface area contributed by atoms with Gasteiger partial charge in [-0.25, -0.2) is 4.98 Å². The maximum absolute atomic E-state index is 12.1. The molecule has 0 unspecified atom stereocenters. The molecule has 1 amide bonds. The van der Waals surface area contributed by atoms with E-state index in [2.05, 4.69) is 21.4 Å². The minimum atomic E-state index is -0.203. The van der Waals surface area contributed by atoms with Gasteiger partial charge in [-0.15, -0.1) is 0 Å². The molecule has 0 aliphatic heterocycles. The van der Waals surface area contributed by atoms with Gasteiger partial charge in [0.05, 0.1) is 12.0 Å². The van der Waals surface area contributed by atoms with Crippen LogP contribution in [-0.2, 0) is 17.8 Å². The Balaban J connectivity index is 1.56. The van der Waals surface area contributed by atoms with E-state index in [1.54, 1.807) is 0 Å². The Morgan fingerprint density at radius 1 is 1.32 bits per heavy atom. The Morgan fingerprint density at radius 3 is 2.88 bits per heavy atom. The van der Waals surface area contributed by atoms with Crippen LogP contribution in [0.15, 0.2) is 47.7 Å². The maximum Gasteiger partial charge on any atom is 0.254 e. The number of carbonyl (C=O) groups excluding carboxylic acids is 1. The van der Waals surface area contributed by atoms with Gasteiger partial charge in [0.25, 0.3) is 5.56 Å². The van der Waals surface area contributed by atoms with E-state index < -0.39 is 0 Å². The molecule has 0 spiro atoms. The molecule has 0 bridgehead atoms. The molecule has 1 aromatic carbocycles. The van der Waals surface area contributed by atoms with Gasteiger partial charge in [-0.3, -0.25) is 14.2 Å². The van der Waals surface area contributed by atoms with Crippen molar-refractivity contribution in [1.82, 2.24) is 19.9 Å². The van der Waals surface area contributed by atoms with Gasteiger partial charge in [-0.2, -0.15) is 0 Å². The number of nitrogens with one attached hydrogen (secondary N) is 2. The Hall–Kier alpha value is -2.89. The summed E-state index contributed by atoms with van der Waals surface area (Å²) >= 11 is 0. The second-order valence-corrected chi connectivity index (χ2v) is 6.39. The third-order valence-corrected chi connectivity index (χ3v) is 4.20. The number of hydrogen-bond donors (Lipinski definition) is 2. The van der Waals surface area contributed by atoms with Crippen LogP contribution in [0.4, 0.5) is 0 Å². The van der Waals surface area contributed by atoms with Crippen LogP contribution in [0.2, 0.25) is 0 Å². The second kappa shape index (κ2) is 7.34. The number of H-pyrrole nitrogens is 1. The smallest absolute Gasteiger partial charge is 0.254 e. The van der Waals surface area contributed by atoms with Gasteiger partial charge in [0.1, 0.15) is 6.54 Å². The highest BCUT2D eigenvalue weighted by Crippen LogP contribution is 2.17. The van der Waals surface area contributed by atoms with Gasteiger partial charge < -0.3 is 10.3 Å². The zero-order valence-corrected chi connectivity index (χ0v) is 14.5. The molecular formula is C19H22N4O2. The van der Waals surface area contributed by atoms with E-state index in [0.717, 1.165) is 23.2 Å². The average Bonchev–Trinajstić information content (AvgIpc) is 3.00. The number of fused-ring (bicyclic) bond motifs is 1. The van der Waals surface area contributed by atoms with Crippen molar-refractivity contribution in [2.75, 3.05) is 6.54 Å². The Kier molecular flexibility index (Phi) is 4.97. The van der Waals surface area contributed by atoms with Crippen LogP contribution in [-0.4, -0.2) is 27.0 Å². The first-order valence-electron chi connectivity index (χ1n) is 8.42. The monoisotopic (exact) mass is 338 g/mol. The molecule has 0 fully saturated rings. The van der Waals surface area contributed by atoms with Crippen molar-refractivity contribution < 1.29 is 4.79 Å². The van der Waals surface area contributed by atoms with Crippen molar-refractivity contribution in [3.63, 3.8) is 0 Å². The third kappa shape index (κ3) is 3.96. The first-order valence-corrected chi connectivity index (χ1v) is 8.42. The summed E-state index contributed by atoms with van der Waals surface area (Å²) in [5.41, 5.74) is 2.79. The number of nitrogens with zero attached hydrogens (tertiary/aromatic N) is 2. The lowest BCUT2D eigenvalue weighted by Crippen LogP contribution is -2.33. The van der Waals surface area contributed by atoms with E-state index >= 15 is 0 Å². The molecule has 2 heterocycles. The normalized spacial score (nSPS) is 11.2. The summed E-state index contributed by atoms with van der Waals surface area (Å²) in [6.45, 7) is 4.46. The number of benzene rings is 1. The van der Waals surface area contributed by atoms with Gasteiger partial charge in [-0.1, -0.05) is 32.0 Å². The number of para-hydroxylation sites is 1. The largest absolute Gasteiger partial charge is 0.361 e. The predicted molar refractivity (Wildman–Crippen MR) is 97.6 cm³/mol. The number of hydrogen-bond acceptors (Lipinski definition) is 3. The van der Waals surface area contributed by atoms with Crippen molar-refractivity contribution in [3.05, 3.63) is 64.5 Å². The number of carbonyl (C=O) groups is 1. The molecule has 3 aromatic rings. The molecule has 0 radical (unpaired) electrons. The molecule has 3 rings (SSSR count). The Labute approximate surface area is 145 Å². The summed E-state index contributed by atoms with van der Waals surface area (Å²) in [7, 11) is 0. The summed E-state index contributed by atoms with van der Waals surface area (Å²) in [5.74, 6) is -0.00612. The summed E-state index contributed by atoms with van der Waals surface area (Å²) in [6.07, 6.45) is 4.14. The number of rotatable bonds is 6. The number of amides is 1. The summed E-state index contributed by atoms with van der Waals surface area (Å²) in [6, 6.07) is 9.56. The van der Waals surface area contributed by atoms with Crippen LogP contribution in [0.5, 0.6) is 0 Å². The van der Waals surface area contributed by atoms with E-state index in [-0.39, 0.29) is 23.9 Å². The van der Waals surface area contributed by atoms with Gasteiger partial charge in [0.15, 0.2) is 0 Å². The van der Waals surface area contributed by atoms with Crippen molar-refractivity contribution >= 4 is 16.8 Å². The first kappa shape index (κ1) is 17.0. The third-order valence-electron chi connectivity index (χ3n) is 4.20. The quantitative estimate of drug-likeness (QED) is 0.723. The molecule has 0 aliphatic carbocycles. The highest BCUT2D eigenvalue weighted by Gasteiger charge is 2.08. The van der Waals surface area contributed by atoms with E-state index in [4.69, 9.17) is 0 Å². The zero-order chi connectivity index (χ0) is 17.8. The van der Waals surface area contributed by atoms with E-state index in [1.165, 1.54) is 22.3 Å². The highest BCUT2D eigenvalue weighted by atomic mass is 16.2. The van der Waals surface area contributed by atoms with Crippen LogP contribution in [0.1, 0.15) is 31.0 Å². The van der Waals surface area contributed by atoms with Gasteiger partial charge >= 0.3 is 0 Å². The molecule has 0 saturated carbocycles. The van der Waals surface area contributed by atoms with E-state index in [9.17, 15) is 9.59 Å². The molecule has 6 heteroatoms. The minimum absolute atomic E-state index is 0.0158. The lowest BCUT2D eigenvalue weighted by molar-refractivity contribution is -0.121. The van der Waals surface area contributed by atoms with Gasteiger partial charge in [0, 0.05) is 29.7 Å². The molecule has 0 atom stereocenters. The fourth-order valence-electron chi connectivity index (χ4n) is 2.76. The molecular weight excluding hydrogens is 316 g/mol. The van der Waals surface area contributed by atoms with Crippen molar-refractivity contribution in [1.29, 1.82) is 0 Å². The molecule has 0 saturated heterocycles. The predicted octanol–water partition coefficient (Wildman–Crippen LogP) is 2.21. The topological polar surface area (TPSA) is 79.8 Å². The standard InChI is InChI=1S/C19H22N4O2/c1-13(2)17-9-19(25)23(12-22-17)11-18(24)20-8-7-14-10-21-16-6-4-3-5-15(14)16/h3-6,9-10,12-13,21H,7-8,11H2,1-2H3,(H,20,24). The molecule has 25 heavy (non-hydrogen) atoms. The van der Waals surface area contributed by atoms with Gasteiger partial charge in [0.2, 0.25) is 5.91 Å².